The zero-order valence-electron chi connectivity index (χ0n) is 9.43. The smallest absolute Gasteiger partial charge is 0.185 e. The van der Waals surface area contributed by atoms with Crippen LogP contribution in [0, 0.1) is 0 Å². The van der Waals surface area contributed by atoms with E-state index >= 15 is 0 Å². The van der Waals surface area contributed by atoms with Gasteiger partial charge in [0.1, 0.15) is 0 Å². The van der Waals surface area contributed by atoms with Gasteiger partial charge in [0, 0.05) is 37.4 Å². The van der Waals surface area contributed by atoms with Gasteiger partial charge in [-0.05, 0) is 11.4 Å². The molecule has 0 aliphatic rings. The van der Waals surface area contributed by atoms with E-state index in [1.807, 2.05) is 19.0 Å². The van der Waals surface area contributed by atoms with E-state index in [4.69, 9.17) is 0 Å². The Bertz CT molecular complexity index is 420. The first-order valence-corrected chi connectivity index (χ1v) is 6.86. The zero-order chi connectivity index (χ0) is 11.4. The Morgan fingerprint density at radius 3 is 2.81 bits per heavy atom. The Morgan fingerprint density at radius 1 is 1.31 bits per heavy atom. The van der Waals surface area contributed by atoms with E-state index in [1.54, 1.807) is 22.7 Å². The molecule has 2 heterocycles. The van der Waals surface area contributed by atoms with E-state index in [1.165, 1.54) is 4.88 Å². The van der Waals surface area contributed by atoms with Crippen LogP contribution in [0.15, 0.2) is 22.9 Å². The van der Waals surface area contributed by atoms with Crippen molar-refractivity contribution in [2.75, 3.05) is 19.0 Å². The number of hydrogen-bond acceptors (Lipinski definition) is 5. The fourth-order valence-electron chi connectivity index (χ4n) is 1.31. The molecule has 0 aromatic carbocycles. The number of hydrogen-bond donors (Lipinski definition) is 1. The van der Waals surface area contributed by atoms with Crippen LogP contribution >= 0.6 is 22.7 Å². The van der Waals surface area contributed by atoms with Crippen LogP contribution in [0.2, 0.25) is 0 Å². The van der Waals surface area contributed by atoms with Gasteiger partial charge < -0.3 is 10.2 Å². The fourth-order valence-corrected chi connectivity index (χ4v) is 2.74. The summed E-state index contributed by atoms with van der Waals surface area (Å²) >= 11 is 3.46. The molecule has 0 unspecified atom stereocenters. The summed E-state index contributed by atoms with van der Waals surface area (Å²) in [5, 5.41) is 8.66. The Kier molecular flexibility index (Phi) is 3.93. The summed E-state index contributed by atoms with van der Waals surface area (Å²) in [4.78, 5) is 7.91. The summed E-state index contributed by atoms with van der Waals surface area (Å²) in [5.41, 5.74) is 1.12. The van der Waals surface area contributed by atoms with Crippen molar-refractivity contribution in [3.8, 4) is 0 Å². The van der Waals surface area contributed by atoms with Crippen molar-refractivity contribution >= 4 is 27.8 Å². The van der Waals surface area contributed by atoms with Crippen LogP contribution < -0.4 is 10.2 Å². The van der Waals surface area contributed by atoms with Gasteiger partial charge in [0.2, 0.25) is 0 Å². The summed E-state index contributed by atoms with van der Waals surface area (Å²) in [6, 6.07) is 4.22. The second-order valence-corrected chi connectivity index (χ2v) is 5.57. The Balaban J connectivity index is 1.81. The van der Waals surface area contributed by atoms with Crippen LogP contribution in [-0.2, 0) is 13.1 Å². The first-order valence-electron chi connectivity index (χ1n) is 5.10. The van der Waals surface area contributed by atoms with Crippen LogP contribution in [-0.4, -0.2) is 19.1 Å². The summed E-state index contributed by atoms with van der Waals surface area (Å²) in [6.07, 6.45) is 0. The molecule has 0 atom stereocenters. The van der Waals surface area contributed by atoms with Gasteiger partial charge in [-0.25, -0.2) is 4.98 Å². The highest BCUT2D eigenvalue weighted by molar-refractivity contribution is 7.13. The van der Waals surface area contributed by atoms with Crippen molar-refractivity contribution in [2.45, 2.75) is 13.1 Å². The third-order valence-electron chi connectivity index (χ3n) is 2.11. The molecule has 1 N–H and O–H groups in total. The monoisotopic (exact) mass is 253 g/mol. The fraction of sp³-hybridized carbons (Fsp3) is 0.364. The van der Waals surface area contributed by atoms with Gasteiger partial charge in [-0.1, -0.05) is 6.07 Å². The summed E-state index contributed by atoms with van der Waals surface area (Å²) in [6.45, 7) is 1.76. The zero-order valence-corrected chi connectivity index (χ0v) is 11.1. The molecule has 3 nitrogen and oxygen atoms in total. The highest BCUT2D eigenvalue weighted by Crippen LogP contribution is 2.17. The number of aromatic nitrogens is 1. The van der Waals surface area contributed by atoms with Gasteiger partial charge in [0.15, 0.2) is 5.13 Å². The van der Waals surface area contributed by atoms with Crippen molar-refractivity contribution in [1.29, 1.82) is 0 Å². The standard InChI is InChI=1S/C11H15N3S2/c1-14(2)11-13-9(8-16-11)6-12-7-10-4-3-5-15-10/h3-5,8,12H,6-7H2,1-2H3. The lowest BCUT2D eigenvalue weighted by molar-refractivity contribution is 0.689. The van der Waals surface area contributed by atoms with Gasteiger partial charge in [-0.2, -0.15) is 0 Å². The van der Waals surface area contributed by atoms with E-state index in [0.29, 0.717) is 0 Å². The molecule has 2 aromatic heterocycles. The Hall–Kier alpha value is -0.910. The van der Waals surface area contributed by atoms with Gasteiger partial charge >= 0.3 is 0 Å². The minimum atomic E-state index is 0.836. The number of thiophene rings is 1. The van der Waals surface area contributed by atoms with Crippen molar-refractivity contribution in [3.05, 3.63) is 33.5 Å². The molecule has 0 saturated carbocycles. The first kappa shape index (κ1) is 11.6. The summed E-state index contributed by atoms with van der Waals surface area (Å²) < 4.78 is 0. The van der Waals surface area contributed by atoms with Crippen molar-refractivity contribution in [3.63, 3.8) is 0 Å². The molecule has 0 amide bonds. The van der Waals surface area contributed by atoms with E-state index in [-0.39, 0.29) is 0 Å². The molecule has 0 radical (unpaired) electrons. The largest absolute Gasteiger partial charge is 0.354 e. The van der Waals surface area contributed by atoms with Gasteiger partial charge in [-0.15, -0.1) is 22.7 Å². The van der Waals surface area contributed by atoms with Gasteiger partial charge in [0.25, 0.3) is 0 Å². The maximum Gasteiger partial charge on any atom is 0.185 e. The number of nitrogens with one attached hydrogen (secondary N) is 1. The average Bonchev–Trinajstić information content (AvgIpc) is 2.87. The van der Waals surface area contributed by atoms with Gasteiger partial charge in [0.05, 0.1) is 5.69 Å². The molecule has 5 heteroatoms. The number of anilines is 1. The summed E-state index contributed by atoms with van der Waals surface area (Å²) in [7, 11) is 4.03. The quantitative estimate of drug-likeness (QED) is 0.887. The Morgan fingerprint density at radius 2 is 2.19 bits per heavy atom. The second kappa shape index (κ2) is 5.43. The molecule has 16 heavy (non-hydrogen) atoms. The van der Waals surface area contributed by atoms with Gasteiger partial charge in [-0.3, -0.25) is 0 Å². The van der Waals surface area contributed by atoms with Crippen molar-refractivity contribution in [2.24, 2.45) is 0 Å². The van der Waals surface area contributed by atoms with Crippen LogP contribution in [0.3, 0.4) is 0 Å². The van der Waals surface area contributed by atoms with E-state index < -0.39 is 0 Å². The topological polar surface area (TPSA) is 28.2 Å². The highest BCUT2D eigenvalue weighted by atomic mass is 32.1. The lowest BCUT2D eigenvalue weighted by Gasteiger charge is -2.05. The lowest BCUT2D eigenvalue weighted by atomic mass is 10.4. The highest BCUT2D eigenvalue weighted by Gasteiger charge is 2.02. The number of nitrogens with zero attached hydrogens (tertiary/aromatic N) is 2. The van der Waals surface area contributed by atoms with Crippen LogP contribution in [0.1, 0.15) is 10.6 Å². The molecule has 0 bridgehead atoms. The molecule has 2 rings (SSSR count). The molecule has 0 saturated heterocycles. The van der Waals surface area contributed by atoms with E-state index in [0.717, 1.165) is 23.9 Å². The van der Waals surface area contributed by atoms with Crippen molar-refractivity contribution < 1.29 is 0 Å². The maximum atomic E-state index is 4.51. The molecule has 0 aliphatic carbocycles. The lowest BCUT2D eigenvalue weighted by Crippen LogP contribution is -2.13. The summed E-state index contributed by atoms with van der Waals surface area (Å²) in [5.74, 6) is 0. The second-order valence-electron chi connectivity index (χ2n) is 3.70. The molecule has 0 aliphatic heterocycles. The third-order valence-corrected chi connectivity index (χ3v) is 4.04. The minimum Gasteiger partial charge on any atom is -0.354 e. The molecular formula is C11H15N3S2. The van der Waals surface area contributed by atoms with Crippen LogP contribution in [0.5, 0.6) is 0 Å². The van der Waals surface area contributed by atoms with Crippen molar-refractivity contribution in [1.82, 2.24) is 10.3 Å². The number of thiazole rings is 1. The van der Waals surface area contributed by atoms with Crippen LogP contribution in [0.4, 0.5) is 5.13 Å². The number of rotatable bonds is 5. The predicted octanol–water partition coefficient (Wildman–Crippen LogP) is 2.56. The SMILES string of the molecule is CN(C)c1nc(CNCc2cccs2)cs1. The predicted molar refractivity (Wildman–Crippen MR) is 71.3 cm³/mol. The average molecular weight is 253 g/mol. The van der Waals surface area contributed by atoms with Crippen LogP contribution in [0.25, 0.3) is 0 Å². The Labute approximate surface area is 104 Å². The minimum absolute atomic E-state index is 0.836. The maximum absolute atomic E-state index is 4.51. The molecular weight excluding hydrogens is 238 g/mol. The first-order chi connectivity index (χ1) is 7.75. The van der Waals surface area contributed by atoms with E-state index in [9.17, 15) is 0 Å². The molecule has 0 spiro atoms. The normalized spacial score (nSPS) is 10.6. The molecule has 86 valence electrons. The molecule has 2 aromatic rings. The third kappa shape index (κ3) is 3.04. The van der Waals surface area contributed by atoms with E-state index in [2.05, 4.69) is 33.2 Å². The molecule has 0 fully saturated rings.